The van der Waals surface area contributed by atoms with E-state index in [9.17, 15) is 4.39 Å². The number of nitrogens with zero attached hydrogens (tertiary/aromatic N) is 4. The standard InChI is InChI=1S/C13H15FN4/c1-17-5-7-18(8-6-17)13-10-3-2-4-11(14)12(10)15-9-16-13/h2-4,9H,5-8H2,1H3. The average molecular weight is 246 g/mol. The molecule has 0 unspecified atom stereocenters. The summed E-state index contributed by atoms with van der Waals surface area (Å²) in [5.41, 5.74) is 0.404. The van der Waals surface area contributed by atoms with Crippen LogP contribution in [0.2, 0.25) is 0 Å². The number of fused-ring (bicyclic) bond motifs is 1. The van der Waals surface area contributed by atoms with Crippen LogP contribution in [0.15, 0.2) is 24.5 Å². The highest BCUT2D eigenvalue weighted by Gasteiger charge is 2.18. The molecule has 1 aliphatic heterocycles. The Morgan fingerprint density at radius 2 is 1.89 bits per heavy atom. The van der Waals surface area contributed by atoms with Crippen molar-refractivity contribution in [2.45, 2.75) is 0 Å². The van der Waals surface area contributed by atoms with Gasteiger partial charge in [-0.25, -0.2) is 14.4 Å². The Labute approximate surface area is 105 Å². The van der Waals surface area contributed by atoms with Crippen molar-refractivity contribution in [3.8, 4) is 0 Å². The van der Waals surface area contributed by atoms with Crippen LogP contribution in [0.4, 0.5) is 10.2 Å². The molecule has 1 aliphatic rings. The van der Waals surface area contributed by atoms with Crippen LogP contribution in [-0.4, -0.2) is 48.1 Å². The SMILES string of the molecule is CN1CCN(c2ncnc3c(F)cccc23)CC1. The molecule has 2 aromatic rings. The van der Waals surface area contributed by atoms with Crippen LogP contribution in [0.25, 0.3) is 10.9 Å². The van der Waals surface area contributed by atoms with Gasteiger partial charge in [0.1, 0.15) is 23.5 Å². The van der Waals surface area contributed by atoms with E-state index in [1.54, 1.807) is 6.07 Å². The van der Waals surface area contributed by atoms with Crippen LogP contribution in [0.1, 0.15) is 0 Å². The summed E-state index contributed by atoms with van der Waals surface area (Å²) < 4.78 is 13.7. The highest BCUT2D eigenvalue weighted by atomic mass is 19.1. The molecule has 0 saturated carbocycles. The first-order valence-corrected chi connectivity index (χ1v) is 6.08. The van der Waals surface area contributed by atoms with Crippen molar-refractivity contribution >= 4 is 16.7 Å². The highest BCUT2D eigenvalue weighted by Crippen LogP contribution is 2.25. The fourth-order valence-corrected chi connectivity index (χ4v) is 2.31. The van der Waals surface area contributed by atoms with E-state index in [4.69, 9.17) is 0 Å². The Kier molecular flexibility index (Phi) is 2.83. The number of hydrogen-bond donors (Lipinski definition) is 0. The molecular formula is C13H15FN4. The molecule has 1 saturated heterocycles. The number of halogens is 1. The molecule has 0 atom stereocenters. The number of likely N-dealkylation sites (N-methyl/N-ethyl adjacent to an activating group) is 1. The van der Waals surface area contributed by atoms with Crippen LogP contribution in [0.3, 0.4) is 0 Å². The van der Waals surface area contributed by atoms with E-state index in [0.29, 0.717) is 5.52 Å². The molecule has 18 heavy (non-hydrogen) atoms. The van der Waals surface area contributed by atoms with E-state index >= 15 is 0 Å². The molecule has 2 heterocycles. The normalized spacial score (nSPS) is 17.3. The lowest BCUT2D eigenvalue weighted by atomic mass is 10.2. The first-order valence-electron chi connectivity index (χ1n) is 6.08. The third-order valence-corrected chi connectivity index (χ3v) is 3.40. The summed E-state index contributed by atoms with van der Waals surface area (Å²) >= 11 is 0. The van der Waals surface area contributed by atoms with Crippen molar-refractivity contribution in [2.24, 2.45) is 0 Å². The van der Waals surface area contributed by atoms with Crippen molar-refractivity contribution in [3.05, 3.63) is 30.3 Å². The first-order chi connectivity index (χ1) is 8.75. The second kappa shape index (κ2) is 4.49. The van der Waals surface area contributed by atoms with Gasteiger partial charge in [0.15, 0.2) is 0 Å². The van der Waals surface area contributed by atoms with Gasteiger partial charge in [0, 0.05) is 31.6 Å². The quantitative estimate of drug-likeness (QED) is 0.763. The minimum Gasteiger partial charge on any atom is -0.353 e. The molecule has 1 aromatic heterocycles. The van der Waals surface area contributed by atoms with Gasteiger partial charge < -0.3 is 9.80 Å². The zero-order chi connectivity index (χ0) is 12.5. The Morgan fingerprint density at radius 3 is 2.67 bits per heavy atom. The number of hydrogen-bond acceptors (Lipinski definition) is 4. The third kappa shape index (κ3) is 1.90. The summed E-state index contributed by atoms with van der Waals surface area (Å²) in [6, 6.07) is 5.02. The molecule has 1 aromatic carbocycles. The summed E-state index contributed by atoms with van der Waals surface area (Å²) in [6.07, 6.45) is 1.44. The summed E-state index contributed by atoms with van der Waals surface area (Å²) in [5, 5.41) is 0.794. The molecule has 0 amide bonds. The Balaban J connectivity index is 2.04. The van der Waals surface area contributed by atoms with Crippen LogP contribution >= 0.6 is 0 Å². The third-order valence-electron chi connectivity index (χ3n) is 3.40. The molecule has 0 radical (unpaired) electrons. The zero-order valence-corrected chi connectivity index (χ0v) is 10.3. The highest BCUT2D eigenvalue weighted by molar-refractivity contribution is 5.89. The van der Waals surface area contributed by atoms with Gasteiger partial charge in [0.05, 0.1) is 0 Å². The maximum atomic E-state index is 13.7. The van der Waals surface area contributed by atoms with E-state index in [2.05, 4.69) is 26.8 Å². The summed E-state index contributed by atoms with van der Waals surface area (Å²) in [4.78, 5) is 12.8. The number of anilines is 1. The summed E-state index contributed by atoms with van der Waals surface area (Å²) in [5.74, 6) is 0.554. The van der Waals surface area contributed by atoms with Crippen LogP contribution in [0.5, 0.6) is 0 Å². The van der Waals surface area contributed by atoms with Crippen molar-refractivity contribution in [2.75, 3.05) is 38.1 Å². The number of rotatable bonds is 1. The van der Waals surface area contributed by atoms with Gasteiger partial charge in [0.2, 0.25) is 0 Å². The van der Waals surface area contributed by atoms with E-state index in [1.807, 2.05) is 6.07 Å². The number of piperazine rings is 1. The van der Waals surface area contributed by atoms with Gasteiger partial charge >= 0.3 is 0 Å². The van der Waals surface area contributed by atoms with Gasteiger partial charge in [-0.3, -0.25) is 0 Å². The smallest absolute Gasteiger partial charge is 0.149 e. The van der Waals surface area contributed by atoms with Crippen LogP contribution in [-0.2, 0) is 0 Å². The second-order valence-corrected chi connectivity index (χ2v) is 4.62. The molecule has 94 valence electrons. The predicted molar refractivity (Wildman–Crippen MR) is 69.2 cm³/mol. The van der Waals surface area contributed by atoms with Crippen molar-refractivity contribution in [1.82, 2.24) is 14.9 Å². The largest absolute Gasteiger partial charge is 0.353 e. The monoisotopic (exact) mass is 246 g/mol. The van der Waals surface area contributed by atoms with Crippen molar-refractivity contribution in [1.29, 1.82) is 0 Å². The number of benzene rings is 1. The lowest BCUT2D eigenvalue weighted by Gasteiger charge is -2.33. The topological polar surface area (TPSA) is 32.3 Å². The van der Waals surface area contributed by atoms with E-state index in [-0.39, 0.29) is 5.82 Å². The van der Waals surface area contributed by atoms with Gasteiger partial charge in [-0.2, -0.15) is 0 Å². The Hall–Kier alpha value is -1.75. The maximum Gasteiger partial charge on any atom is 0.149 e. The zero-order valence-electron chi connectivity index (χ0n) is 10.3. The number of aromatic nitrogens is 2. The Morgan fingerprint density at radius 1 is 1.11 bits per heavy atom. The van der Waals surface area contributed by atoms with Crippen LogP contribution in [0, 0.1) is 5.82 Å². The van der Waals surface area contributed by atoms with Crippen LogP contribution < -0.4 is 4.90 Å². The van der Waals surface area contributed by atoms with E-state index in [0.717, 1.165) is 37.4 Å². The van der Waals surface area contributed by atoms with Gasteiger partial charge in [-0.1, -0.05) is 6.07 Å². The lowest BCUT2D eigenvalue weighted by Crippen LogP contribution is -2.44. The summed E-state index contributed by atoms with van der Waals surface area (Å²) in [7, 11) is 2.11. The molecule has 0 aliphatic carbocycles. The van der Waals surface area contributed by atoms with Gasteiger partial charge in [-0.05, 0) is 19.2 Å². The number of para-hydroxylation sites is 1. The molecule has 0 N–H and O–H groups in total. The molecule has 0 spiro atoms. The molecule has 3 rings (SSSR count). The minimum atomic E-state index is -0.287. The molecule has 0 bridgehead atoms. The summed E-state index contributed by atoms with van der Waals surface area (Å²) in [6.45, 7) is 3.83. The van der Waals surface area contributed by atoms with Gasteiger partial charge in [0.25, 0.3) is 0 Å². The minimum absolute atomic E-state index is 0.287. The fraction of sp³-hybridized carbons (Fsp3) is 0.385. The maximum absolute atomic E-state index is 13.7. The molecule has 5 heteroatoms. The molecule has 4 nitrogen and oxygen atoms in total. The molecule has 1 fully saturated rings. The molecular weight excluding hydrogens is 231 g/mol. The van der Waals surface area contributed by atoms with Crippen molar-refractivity contribution < 1.29 is 4.39 Å². The average Bonchev–Trinajstić information content (AvgIpc) is 2.40. The first kappa shape index (κ1) is 11.3. The van der Waals surface area contributed by atoms with E-state index < -0.39 is 0 Å². The lowest BCUT2D eigenvalue weighted by molar-refractivity contribution is 0.312. The second-order valence-electron chi connectivity index (χ2n) is 4.62. The fourth-order valence-electron chi connectivity index (χ4n) is 2.31. The Bertz CT molecular complexity index is 564. The van der Waals surface area contributed by atoms with Gasteiger partial charge in [-0.15, -0.1) is 0 Å². The predicted octanol–water partition coefficient (Wildman–Crippen LogP) is 1.52. The van der Waals surface area contributed by atoms with Crippen molar-refractivity contribution in [3.63, 3.8) is 0 Å². The van der Waals surface area contributed by atoms with E-state index in [1.165, 1.54) is 12.4 Å².